The zero-order chi connectivity index (χ0) is 17.4. The van der Waals surface area contributed by atoms with Gasteiger partial charge in [0.25, 0.3) is 5.56 Å². The van der Waals surface area contributed by atoms with Crippen LogP contribution in [0.2, 0.25) is 0 Å². The zero-order valence-corrected chi connectivity index (χ0v) is 13.5. The molecule has 0 aliphatic rings. The Labute approximate surface area is 136 Å². The molecule has 2 aromatic heterocycles. The highest BCUT2D eigenvalue weighted by atomic mass is 16.5. The van der Waals surface area contributed by atoms with Gasteiger partial charge in [0.15, 0.2) is 11.2 Å². The summed E-state index contributed by atoms with van der Waals surface area (Å²) in [6.45, 7) is 1.33. The molecule has 0 saturated heterocycles. The molecule has 24 heavy (non-hydrogen) atoms. The number of aromatic nitrogens is 4. The molecule has 8 heteroatoms. The normalized spacial score (nSPS) is 11.0. The van der Waals surface area contributed by atoms with Gasteiger partial charge in [-0.15, -0.1) is 0 Å². The molecule has 0 N–H and O–H groups in total. The topological polar surface area (TPSA) is 88.1 Å². The van der Waals surface area contributed by atoms with Gasteiger partial charge in [0.1, 0.15) is 12.3 Å². The zero-order valence-electron chi connectivity index (χ0n) is 13.5. The number of ether oxygens (including phenoxy) is 1. The fourth-order valence-electron chi connectivity index (χ4n) is 2.49. The van der Waals surface area contributed by atoms with Gasteiger partial charge >= 0.3 is 11.7 Å². The lowest BCUT2D eigenvalue weighted by Gasteiger charge is -2.10. The van der Waals surface area contributed by atoms with Crippen molar-refractivity contribution in [2.24, 2.45) is 14.1 Å². The minimum atomic E-state index is -0.690. The molecule has 0 atom stereocenters. The first-order chi connectivity index (χ1) is 11.4. The van der Waals surface area contributed by atoms with Gasteiger partial charge < -0.3 is 9.30 Å². The predicted octanol–water partition coefficient (Wildman–Crippen LogP) is 0.348. The van der Waals surface area contributed by atoms with Crippen LogP contribution in [0.1, 0.15) is 5.56 Å². The molecular formula is C16H16N4O4. The SMILES string of the molecule is Cc1ccccc1OC(=O)Cn1c(=O)c2c(ncn2C)n(C)c1=O. The second kappa shape index (κ2) is 5.80. The third kappa shape index (κ3) is 2.51. The van der Waals surface area contributed by atoms with Gasteiger partial charge in [-0.25, -0.2) is 19.1 Å². The number of fused-ring (bicyclic) bond motifs is 1. The molecule has 0 aliphatic carbocycles. The van der Waals surface area contributed by atoms with Crippen molar-refractivity contribution in [3.8, 4) is 5.75 Å². The van der Waals surface area contributed by atoms with Crippen LogP contribution in [0.15, 0.2) is 40.2 Å². The summed E-state index contributed by atoms with van der Waals surface area (Å²) >= 11 is 0. The maximum absolute atomic E-state index is 12.5. The highest BCUT2D eigenvalue weighted by Crippen LogP contribution is 2.16. The van der Waals surface area contributed by atoms with Gasteiger partial charge in [0.2, 0.25) is 0 Å². The number of carbonyl (C=O) groups excluding carboxylic acids is 1. The number of esters is 1. The molecule has 0 radical (unpaired) electrons. The maximum Gasteiger partial charge on any atom is 0.333 e. The second-order valence-electron chi connectivity index (χ2n) is 5.50. The third-order valence-corrected chi connectivity index (χ3v) is 3.81. The van der Waals surface area contributed by atoms with Crippen LogP contribution in [0.3, 0.4) is 0 Å². The molecule has 0 bridgehead atoms. The van der Waals surface area contributed by atoms with E-state index in [0.29, 0.717) is 5.75 Å². The summed E-state index contributed by atoms with van der Waals surface area (Å²) in [6.07, 6.45) is 1.45. The van der Waals surface area contributed by atoms with E-state index < -0.39 is 23.8 Å². The average molecular weight is 328 g/mol. The Morgan fingerprint density at radius 1 is 1.21 bits per heavy atom. The second-order valence-corrected chi connectivity index (χ2v) is 5.50. The van der Waals surface area contributed by atoms with Crippen molar-refractivity contribution in [1.82, 2.24) is 18.7 Å². The first-order valence-corrected chi connectivity index (χ1v) is 7.27. The van der Waals surface area contributed by atoms with Gasteiger partial charge in [-0.1, -0.05) is 18.2 Å². The summed E-state index contributed by atoms with van der Waals surface area (Å²) in [5.41, 5.74) is 0.118. The standard InChI is InChI=1S/C16H16N4O4/c1-10-6-4-5-7-11(10)24-12(21)8-20-15(22)13-14(17-9-18(13)2)19(3)16(20)23/h4-7,9H,8H2,1-3H3. The average Bonchev–Trinajstić information content (AvgIpc) is 2.94. The number of carbonyl (C=O) groups is 1. The minimum absolute atomic E-state index is 0.251. The Morgan fingerprint density at radius 2 is 1.92 bits per heavy atom. The molecular weight excluding hydrogens is 312 g/mol. The number of imidazole rings is 1. The molecule has 0 saturated carbocycles. The first kappa shape index (κ1) is 15.7. The monoisotopic (exact) mass is 328 g/mol. The lowest BCUT2D eigenvalue weighted by molar-refractivity contribution is -0.135. The Morgan fingerprint density at radius 3 is 2.62 bits per heavy atom. The van der Waals surface area contributed by atoms with Crippen LogP contribution in [0.4, 0.5) is 0 Å². The first-order valence-electron chi connectivity index (χ1n) is 7.27. The largest absolute Gasteiger partial charge is 0.425 e. The molecule has 0 fully saturated rings. The van der Waals surface area contributed by atoms with Crippen LogP contribution in [0.5, 0.6) is 5.75 Å². The highest BCUT2D eigenvalue weighted by Gasteiger charge is 2.18. The lowest BCUT2D eigenvalue weighted by atomic mass is 10.2. The van der Waals surface area contributed by atoms with Crippen molar-refractivity contribution in [3.05, 3.63) is 57.0 Å². The third-order valence-electron chi connectivity index (χ3n) is 3.81. The van der Waals surface area contributed by atoms with E-state index in [2.05, 4.69) is 4.98 Å². The predicted molar refractivity (Wildman–Crippen MR) is 87.0 cm³/mol. The fourth-order valence-corrected chi connectivity index (χ4v) is 2.49. The van der Waals surface area contributed by atoms with E-state index in [1.54, 1.807) is 32.2 Å². The summed E-state index contributed by atoms with van der Waals surface area (Å²) in [6, 6.07) is 7.01. The molecule has 8 nitrogen and oxygen atoms in total. The Hall–Kier alpha value is -3.16. The molecule has 3 aromatic rings. The van der Waals surface area contributed by atoms with E-state index in [1.807, 2.05) is 6.07 Å². The van der Waals surface area contributed by atoms with Crippen molar-refractivity contribution in [2.45, 2.75) is 13.5 Å². The van der Waals surface area contributed by atoms with Crippen molar-refractivity contribution in [1.29, 1.82) is 0 Å². The summed E-state index contributed by atoms with van der Waals surface area (Å²) in [4.78, 5) is 41.0. The molecule has 0 spiro atoms. The Bertz CT molecular complexity index is 1060. The van der Waals surface area contributed by atoms with E-state index in [9.17, 15) is 14.4 Å². The van der Waals surface area contributed by atoms with E-state index in [1.165, 1.54) is 22.5 Å². The Balaban J connectivity index is 2.00. The van der Waals surface area contributed by atoms with Crippen LogP contribution in [0, 0.1) is 6.92 Å². The molecule has 0 unspecified atom stereocenters. The molecule has 0 aliphatic heterocycles. The summed E-state index contributed by atoms with van der Waals surface area (Å²) in [5, 5.41) is 0. The summed E-state index contributed by atoms with van der Waals surface area (Å²) in [7, 11) is 3.15. The van der Waals surface area contributed by atoms with E-state index >= 15 is 0 Å². The van der Waals surface area contributed by atoms with Gasteiger partial charge in [0.05, 0.1) is 6.33 Å². The van der Waals surface area contributed by atoms with Gasteiger partial charge in [-0.3, -0.25) is 9.36 Å². The van der Waals surface area contributed by atoms with Crippen molar-refractivity contribution in [3.63, 3.8) is 0 Å². The van der Waals surface area contributed by atoms with Gasteiger partial charge in [0, 0.05) is 14.1 Å². The van der Waals surface area contributed by atoms with E-state index in [4.69, 9.17) is 4.74 Å². The number of benzene rings is 1. The van der Waals surface area contributed by atoms with Crippen molar-refractivity contribution < 1.29 is 9.53 Å². The lowest BCUT2D eigenvalue weighted by Crippen LogP contribution is -2.42. The highest BCUT2D eigenvalue weighted by molar-refractivity contribution is 5.74. The Kier molecular flexibility index (Phi) is 3.80. The van der Waals surface area contributed by atoms with Crippen LogP contribution in [-0.2, 0) is 25.4 Å². The quantitative estimate of drug-likeness (QED) is 0.511. The number of hydrogen-bond acceptors (Lipinski definition) is 5. The van der Waals surface area contributed by atoms with Crippen LogP contribution in [-0.4, -0.2) is 24.7 Å². The van der Waals surface area contributed by atoms with Gasteiger partial charge in [-0.2, -0.15) is 0 Å². The number of aryl methyl sites for hydroxylation is 3. The minimum Gasteiger partial charge on any atom is -0.425 e. The van der Waals surface area contributed by atoms with Gasteiger partial charge in [-0.05, 0) is 18.6 Å². The number of nitrogens with zero attached hydrogens (tertiary/aromatic N) is 4. The number of hydrogen-bond donors (Lipinski definition) is 0. The number of rotatable bonds is 3. The van der Waals surface area contributed by atoms with Crippen LogP contribution in [0.25, 0.3) is 11.2 Å². The number of para-hydroxylation sites is 1. The summed E-state index contributed by atoms with van der Waals surface area (Å²) < 4.78 is 8.85. The maximum atomic E-state index is 12.5. The van der Waals surface area contributed by atoms with Crippen LogP contribution < -0.4 is 16.0 Å². The molecule has 0 amide bonds. The molecule has 2 heterocycles. The van der Waals surface area contributed by atoms with E-state index in [-0.39, 0.29) is 11.2 Å². The van der Waals surface area contributed by atoms with Crippen molar-refractivity contribution >= 4 is 17.1 Å². The fraction of sp³-hybridized carbons (Fsp3) is 0.250. The molecule has 124 valence electrons. The van der Waals surface area contributed by atoms with E-state index in [0.717, 1.165) is 10.1 Å². The molecule has 3 rings (SSSR count). The van der Waals surface area contributed by atoms with Crippen molar-refractivity contribution in [2.75, 3.05) is 0 Å². The van der Waals surface area contributed by atoms with Crippen LogP contribution >= 0.6 is 0 Å². The summed E-state index contributed by atoms with van der Waals surface area (Å²) in [5.74, 6) is -0.293. The smallest absolute Gasteiger partial charge is 0.333 e. The molecule has 1 aromatic carbocycles.